The third-order valence-corrected chi connectivity index (χ3v) is 14.4. The third-order valence-electron chi connectivity index (χ3n) is 14.4. The van der Waals surface area contributed by atoms with Gasteiger partial charge in [-0.1, -0.05) is 114 Å². The van der Waals surface area contributed by atoms with Crippen molar-refractivity contribution in [2.75, 3.05) is 16.8 Å². The van der Waals surface area contributed by atoms with E-state index in [4.69, 9.17) is 9.47 Å². The van der Waals surface area contributed by atoms with Crippen LogP contribution in [0.4, 0.5) is 11.4 Å². The minimum Gasteiger partial charge on any atom is -0.457 e. The predicted octanol–water partition coefficient (Wildman–Crippen LogP) is 11.7. The summed E-state index contributed by atoms with van der Waals surface area (Å²) in [5.41, 5.74) is 7.43. The van der Waals surface area contributed by atoms with Gasteiger partial charge in [0.05, 0.1) is 33.6 Å². The second kappa shape index (κ2) is 17.1. The van der Waals surface area contributed by atoms with Gasteiger partial charge in [-0.15, -0.1) is 0 Å². The number of imide groups is 3. The van der Waals surface area contributed by atoms with Crippen LogP contribution in [0.1, 0.15) is 116 Å². The number of ether oxygens (including phenoxy) is 2. The van der Waals surface area contributed by atoms with Gasteiger partial charge in [0, 0.05) is 35.4 Å². The van der Waals surface area contributed by atoms with E-state index in [1.165, 1.54) is 24.1 Å². The van der Waals surface area contributed by atoms with Crippen LogP contribution >= 0.6 is 0 Å². The number of rotatable bonds is 12. The maximum atomic E-state index is 13.9. The van der Waals surface area contributed by atoms with E-state index in [-0.39, 0.29) is 40.0 Å². The van der Waals surface area contributed by atoms with Crippen LogP contribution in [-0.4, -0.2) is 47.4 Å². The van der Waals surface area contributed by atoms with Crippen molar-refractivity contribution in [1.29, 1.82) is 0 Å². The van der Waals surface area contributed by atoms with Gasteiger partial charge < -0.3 is 9.47 Å². The lowest BCUT2D eigenvalue weighted by Crippen LogP contribution is -2.29. The van der Waals surface area contributed by atoms with Gasteiger partial charge in [-0.25, -0.2) is 9.80 Å². The molecule has 0 bridgehead atoms. The Morgan fingerprint density at radius 3 is 1.00 bits per heavy atom. The molecule has 352 valence electrons. The number of benzene rings is 7. The average Bonchev–Trinajstić information content (AvgIpc) is 3.92. The summed E-state index contributed by atoms with van der Waals surface area (Å²) >= 11 is 0. The van der Waals surface area contributed by atoms with Crippen molar-refractivity contribution in [3.8, 4) is 23.0 Å². The molecule has 0 radical (unpaired) electrons. The highest BCUT2D eigenvalue weighted by Crippen LogP contribution is 2.40. The highest BCUT2D eigenvalue weighted by molar-refractivity contribution is 6.34. The lowest BCUT2D eigenvalue weighted by molar-refractivity contribution is -0.120. The number of hydrogen-bond donors (Lipinski definition) is 0. The van der Waals surface area contributed by atoms with E-state index in [0.29, 0.717) is 51.1 Å². The number of hydrogen-bond acceptors (Lipinski definition) is 8. The minimum atomic E-state index is -0.425. The van der Waals surface area contributed by atoms with E-state index in [2.05, 4.69) is 65.8 Å². The third kappa shape index (κ3) is 7.99. The Morgan fingerprint density at radius 2 is 0.606 bits per heavy atom. The molecule has 10 rings (SSSR count). The zero-order valence-electron chi connectivity index (χ0n) is 40.3. The van der Waals surface area contributed by atoms with Crippen LogP contribution in [-0.2, 0) is 25.8 Å². The van der Waals surface area contributed by atoms with E-state index in [1.54, 1.807) is 48.5 Å². The molecule has 0 atom stereocenters. The van der Waals surface area contributed by atoms with Gasteiger partial charge >= 0.3 is 0 Å². The number of amides is 6. The van der Waals surface area contributed by atoms with Crippen LogP contribution in [0, 0.1) is 0 Å². The smallest absolute Gasteiger partial charge is 0.266 e. The van der Waals surface area contributed by atoms with Gasteiger partial charge in [0.15, 0.2) is 0 Å². The normalized spacial score (nSPS) is 14.7. The fourth-order valence-electron chi connectivity index (χ4n) is 9.59. The standard InChI is InChI=1S/C60H49N3O8/c1-58(2,38-12-20-42(21-13-38)62-52(64)32-33-53(62)65)36-8-10-37(11-9-36)59(3,4)39-14-22-43(23-15-39)63-56(68)49-31-29-47(35-51(49)57(63)69)71-45-26-18-41(19-27-45)60(5,6)40-16-24-44(25-17-40)70-46-28-30-48-50(34-46)55(67)61(7)54(48)66/h8-35H,1-7H3. The van der Waals surface area contributed by atoms with Crippen molar-refractivity contribution in [3.63, 3.8) is 0 Å². The Kier molecular flexibility index (Phi) is 11.1. The lowest BCUT2D eigenvalue weighted by Gasteiger charge is -2.30. The Hall–Kier alpha value is -8.70. The molecule has 3 aliphatic heterocycles. The monoisotopic (exact) mass is 939 g/mol. The molecule has 7 aromatic rings. The molecule has 0 spiro atoms. The summed E-state index contributed by atoms with van der Waals surface area (Å²) in [4.78, 5) is 80.2. The van der Waals surface area contributed by atoms with Gasteiger partial charge in [-0.2, -0.15) is 0 Å². The summed E-state index contributed by atoms with van der Waals surface area (Å²) in [5.74, 6) is -0.148. The number of carbonyl (C=O) groups is 6. The highest BCUT2D eigenvalue weighted by Gasteiger charge is 2.38. The Morgan fingerprint density at radius 1 is 0.324 bits per heavy atom. The van der Waals surface area contributed by atoms with Crippen molar-refractivity contribution in [3.05, 3.63) is 226 Å². The van der Waals surface area contributed by atoms with Crippen LogP contribution in [0.15, 0.2) is 170 Å². The topological polar surface area (TPSA) is 131 Å². The van der Waals surface area contributed by atoms with E-state index in [1.807, 2.05) is 84.9 Å². The van der Waals surface area contributed by atoms with E-state index in [0.717, 1.165) is 43.2 Å². The molecule has 11 nitrogen and oxygen atoms in total. The van der Waals surface area contributed by atoms with Crippen LogP contribution in [0.5, 0.6) is 23.0 Å². The number of anilines is 2. The molecule has 0 unspecified atom stereocenters. The summed E-state index contributed by atoms with van der Waals surface area (Å²) in [5, 5.41) is 0. The molecule has 0 aliphatic carbocycles. The first-order valence-corrected chi connectivity index (χ1v) is 23.3. The molecule has 0 saturated carbocycles. The Balaban J connectivity index is 0.775. The zero-order chi connectivity index (χ0) is 50.1. The van der Waals surface area contributed by atoms with Crippen molar-refractivity contribution in [1.82, 2.24) is 4.90 Å². The fourth-order valence-corrected chi connectivity index (χ4v) is 9.59. The Bertz CT molecular complexity index is 3370. The lowest BCUT2D eigenvalue weighted by atomic mass is 9.74. The van der Waals surface area contributed by atoms with Gasteiger partial charge in [0.2, 0.25) is 0 Å². The number of fused-ring (bicyclic) bond motifs is 2. The van der Waals surface area contributed by atoms with Gasteiger partial charge in [-0.3, -0.25) is 33.7 Å². The molecular weight excluding hydrogens is 891 g/mol. The molecule has 11 heteroatoms. The summed E-state index contributed by atoms with van der Waals surface area (Å²) in [7, 11) is 1.46. The molecule has 71 heavy (non-hydrogen) atoms. The van der Waals surface area contributed by atoms with Crippen LogP contribution in [0.3, 0.4) is 0 Å². The van der Waals surface area contributed by atoms with E-state index >= 15 is 0 Å². The summed E-state index contributed by atoms with van der Waals surface area (Å²) in [6, 6.07) is 48.8. The first-order valence-electron chi connectivity index (χ1n) is 23.3. The summed E-state index contributed by atoms with van der Waals surface area (Å²) in [6.45, 7) is 12.8. The SMILES string of the molecule is CN1C(=O)c2ccc(Oc3ccc(C(C)(C)c4ccc(Oc5ccc6c(c5)C(=O)N(c5ccc(C(C)(C)c7ccc(C(C)(C)c8ccc(N9C(=O)C=CC9=O)cc8)cc7)cc5)C6=O)cc4)cc3)cc2C1=O. The van der Waals surface area contributed by atoms with E-state index in [9.17, 15) is 28.8 Å². The molecule has 6 amide bonds. The second-order valence-electron chi connectivity index (χ2n) is 19.7. The van der Waals surface area contributed by atoms with Crippen molar-refractivity contribution in [2.45, 2.75) is 57.8 Å². The highest BCUT2D eigenvalue weighted by atomic mass is 16.5. The molecule has 0 aromatic heterocycles. The molecule has 0 N–H and O–H groups in total. The minimum absolute atomic E-state index is 0.266. The molecule has 7 aromatic carbocycles. The van der Waals surface area contributed by atoms with Crippen molar-refractivity contribution >= 4 is 46.8 Å². The van der Waals surface area contributed by atoms with Crippen LogP contribution in [0.25, 0.3) is 0 Å². The summed E-state index contributed by atoms with van der Waals surface area (Å²) in [6.07, 6.45) is 2.56. The van der Waals surface area contributed by atoms with Crippen LogP contribution in [0.2, 0.25) is 0 Å². The first kappa shape index (κ1) is 46.1. The number of nitrogens with zero attached hydrogens (tertiary/aromatic N) is 3. The molecule has 3 aliphatic rings. The zero-order valence-corrected chi connectivity index (χ0v) is 40.3. The van der Waals surface area contributed by atoms with Gasteiger partial charge in [0.25, 0.3) is 35.4 Å². The fraction of sp³-hybridized carbons (Fsp3) is 0.167. The second-order valence-corrected chi connectivity index (χ2v) is 19.7. The Labute approximate surface area is 411 Å². The molecule has 0 fully saturated rings. The first-order chi connectivity index (χ1) is 33.8. The van der Waals surface area contributed by atoms with Crippen molar-refractivity contribution in [2.24, 2.45) is 0 Å². The number of carbonyl (C=O) groups excluding carboxylic acids is 6. The van der Waals surface area contributed by atoms with Crippen molar-refractivity contribution < 1.29 is 38.2 Å². The maximum Gasteiger partial charge on any atom is 0.266 e. The summed E-state index contributed by atoms with van der Waals surface area (Å²) < 4.78 is 12.3. The molecule has 0 saturated heterocycles. The maximum absolute atomic E-state index is 13.9. The van der Waals surface area contributed by atoms with Crippen LogP contribution < -0.4 is 19.3 Å². The van der Waals surface area contributed by atoms with Gasteiger partial charge in [0.1, 0.15) is 23.0 Å². The molecular formula is C60H49N3O8. The largest absolute Gasteiger partial charge is 0.457 e. The van der Waals surface area contributed by atoms with E-state index < -0.39 is 17.2 Å². The average molecular weight is 940 g/mol. The quantitative estimate of drug-likeness (QED) is 0.111. The molecule has 3 heterocycles. The predicted molar refractivity (Wildman–Crippen MR) is 271 cm³/mol. The van der Waals surface area contributed by atoms with Gasteiger partial charge in [-0.05, 0) is 118 Å².